The monoisotopic (exact) mass is 223 g/mol. The van der Waals surface area contributed by atoms with Gasteiger partial charge in [0.05, 0.1) is 6.20 Å². The van der Waals surface area contributed by atoms with Crippen LogP contribution in [0.3, 0.4) is 0 Å². The molecule has 5 nitrogen and oxygen atoms in total. The number of amides is 1. The zero-order chi connectivity index (χ0) is 11.5. The summed E-state index contributed by atoms with van der Waals surface area (Å²) in [5.74, 6) is 0.793. The maximum atomic E-state index is 12.0. The number of likely N-dealkylation sites (N-methyl/N-ethyl adjacent to an activating group) is 1. The van der Waals surface area contributed by atoms with Gasteiger partial charge in [0.15, 0.2) is 0 Å². The van der Waals surface area contributed by atoms with Crippen molar-refractivity contribution in [1.82, 2.24) is 14.8 Å². The smallest absolute Gasteiger partial charge is 0.309 e. The fourth-order valence-corrected chi connectivity index (χ4v) is 1.86. The molecule has 2 heterocycles. The highest BCUT2D eigenvalue weighted by molar-refractivity contribution is 5.89. The number of piperazine rings is 1. The molecule has 1 fully saturated rings. The fourth-order valence-electron chi connectivity index (χ4n) is 1.86. The SMILES string of the molecule is CCN1CCN(C(=O)c2ncc(C)o2)CC1. The number of aryl methyl sites for hydroxylation is 1. The van der Waals surface area contributed by atoms with Gasteiger partial charge in [0.1, 0.15) is 5.76 Å². The number of carbonyl (C=O) groups is 1. The maximum absolute atomic E-state index is 12.0. The molecule has 0 saturated carbocycles. The van der Waals surface area contributed by atoms with Gasteiger partial charge in [-0.05, 0) is 13.5 Å². The van der Waals surface area contributed by atoms with Crippen LogP contribution in [0.1, 0.15) is 23.4 Å². The number of hydrogen-bond acceptors (Lipinski definition) is 4. The number of nitrogens with zero attached hydrogens (tertiary/aromatic N) is 3. The molecule has 0 spiro atoms. The summed E-state index contributed by atoms with van der Waals surface area (Å²) < 4.78 is 5.24. The number of aromatic nitrogens is 1. The van der Waals surface area contributed by atoms with E-state index < -0.39 is 0 Å². The van der Waals surface area contributed by atoms with Crippen molar-refractivity contribution in [2.45, 2.75) is 13.8 Å². The van der Waals surface area contributed by atoms with Gasteiger partial charge in [-0.1, -0.05) is 6.92 Å². The zero-order valence-electron chi connectivity index (χ0n) is 9.77. The van der Waals surface area contributed by atoms with Crippen molar-refractivity contribution < 1.29 is 9.21 Å². The Balaban J connectivity index is 1.96. The van der Waals surface area contributed by atoms with E-state index in [1.165, 1.54) is 0 Å². The third-order valence-electron chi connectivity index (χ3n) is 2.91. The van der Waals surface area contributed by atoms with E-state index >= 15 is 0 Å². The molecule has 2 rings (SSSR count). The molecular weight excluding hydrogens is 206 g/mol. The summed E-state index contributed by atoms with van der Waals surface area (Å²) in [5.41, 5.74) is 0. The minimum atomic E-state index is -0.0937. The van der Waals surface area contributed by atoms with Crippen molar-refractivity contribution in [3.05, 3.63) is 17.8 Å². The first-order valence-corrected chi connectivity index (χ1v) is 5.64. The number of rotatable bonds is 2. The summed E-state index contributed by atoms with van der Waals surface area (Å²) in [4.78, 5) is 20.0. The molecule has 1 aromatic rings. The third-order valence-corrected chi connectivity index (χ3v) is 2.91. The van der Waals surface area contributed by atoms with E-state index in [1.54, 1.807) is 18.0 Å². The molecular formula is C11H17N3O2. The van der Waals surface area contributed by atoms with E-state index in [0.717, 1.165) is 32.7 Å². The maximum Gasteiger partial charge on any atom is 0.309 e. The Morgan fingerprint density at radius 1 is 1.44 bits per heavy atom. The molecule has 1 aromatic heterocycles. The van der Waals surface area contributed by atoms with Gasteiger partial charge < -0.3 is 14.2 Å². The van der Waals surface area contributed by atoms with Crippen LogP contribution in [0.5, 0.6) is 0 Å². The molecule has 0 atom stereocenters. The van der Waals surface area contributed by atoms with Crippen LogP contribution in [-0.2, 0) is 0 Å². The molecule has 0 radical (unpaired) electrons. The normalized spacial score (nSPS) is 17.8. The van der Waals surface area contributed by atoms with E-state index in [1.807, 2.05) is 0 Å². The standard InChI is InChI=1S/C11H17N3O2/c1-3-13-4-6-14(7-5-13)11(15)10-12-8-9(2)16-10/h8H,3-7H2,1-2H3. The van der Waals surface area contributed by atoms with E-state index in [-0.39, 0.29) is 11.8 Å². The lowest BCUT2D eigenvalue weighted by atomic mass is 10.3. The summed E-state index contributed by atoms with van der Waals surface area (Å²) in [5, 5.41) is 0. The second-order valence-electron chi connectivity index (χ2n) is 4.00. The first-order chi connectivity index (χ1) is 7.70. The van der Waals surface area contributed by atoms with Crippen molar-refractivity contribution in [3.63, 3.8) is 0 Å². The van der Waals surface area contributed by atoms with Gasteiger partial charge in [0.2, 0.25) is 0 Å². The van der Waals surface area contributed by atoms with Crippen LogP contribution in [0.2, 0.25) is 0 Å². The fraction of sp³-hybridized carbons (Fsp3) is 0.636. The molecule has 0 aliphatic carbocycles. The predicted molar refractivity (Wildman–Crippen MR) is 59.3 cm³/mol. The summed E-state index contributed by atoms with van der Waals surface area (Å²) in [6, 6.07) is 0. The summed E-state index contributed by atoms with van der Waals surface area (Å²) in [6.07, 6.45) is 1.58. The second-order valence-corrected chi connectivity index (χ2v) is 4.00. The third kappa shape index (κ3) is 2.24. The summed E-state index contributed by atoms with van der Waals surface area (Å²) in [6.45, 7) is 8.35. The first-order valence-electron chi connectivity index (χ1n) is 5.64. The van der Waals surface area contributed by atoms with Crippen LogP contribution in [0.15, 0.2) is 10.6 Å². The number of oxazole rings is 1. The van der Waals surface area contributed by atoms with Gasteiger partial charge in [0.25, 0.3) is 5.89 Å². The summed E-state index contributed by atoms with van der Waals surface area (Å²) >= 11 is 0. The zero-order valence-corrected chi connectivity index (χ0v) is 9.77. The van der Waals surface area contributed by atoms with Crippen molar-refractivity contribution in [2.75, 3.05) is 32.7 Å². The van der Waals surface area contributed by atoms with Gasteiger partial charge in [0, 0.05) is 26.2 Å². The van der Waals surface area contributed by atoms with Crippen LogP contribution in [0, 0.1) is 6.92 Å². The number of hydrogen-bond donors (Lipinski definition) is 0. The lowest BCUT2D eigenvalue weighted by Gasteiger charge is -2.33. The minimum Gasteiger partial charge on any atom is -0.438 e. The van der Waals surface area contributed by atoms with E-state index in [2.05, 4.69) is 16.8 Å². The quantitative estimate of drug-likeness (QED) is 0.742. The molecule has 88 valence electrons. The Hall–Kier alpha value is -1.36. The Labute approximate surface area is 95.0 Å². The second kappa shape index (κ2) is 4.65. The minimum absolute atomic E-state index is 0.0937. The average Bonchev–Trinajstić information content (AvgIpc) is 2.75. The molecule has 16 heavy (non-hydrogen) atoms. The van der Waals surface area contributed by atoms with Crippen LogP contribution < -0.4 is 0 Å². The van der Waals surface area contributed by atoms with E-state index in [0.29, 0.717) is 5.76 Å². The van der Waals surface area contributed by atoms with Crippen LogP contribution >= 0.6 is 0 Å². The molecule has 1 aliphatic rings. The molecule has 5 heteroatoms. The van der Waals surface area contributed by atoms with Gasteiger partial charge in [-0.25, -0.2) is 4.98 Å². The average molecular weight is 223 g/mol. The molecule has 1 aliphatic heterocycles. The molecule has 1 amide bonds. The lowest BCUT2D eigenvalue weighted by Crippen LogP contribution is -2.48. The Morgan fingerprint density at radius 2 is 2.12 bits per heavy atom. The predicted octanol–water partition coefficient (Wildman–Crippen LogP) is 0.761. The Morgan fingerprint density at radius 3 is 2.62 bits per heavy atom. The van der Waals surface area contributed by atoms with Crippen LogP contribution in [-0.4, -0.2) is 53.4 Å². The Kier molecular flexibility index (Phi) is 3.24. The molecule has 0 bridgehead atoms. The van der Waals surface area contributed by atoms with Gasteiger partial charge >= 0.3 is 5.91 Å². The van der Waals surface area contributed by atoms with Gasteiger partial charge in [-0.2, -0.15) is 0 Å². The van der Waals surface area contributed by atoms with Crippen molar-refractivity contribution in [3.8, 4) is 0 Å². The van der Waals surface area contributed by atoms with E-state index in [9.17, 15) is 4.79 Å². The molecule has 0 N–H and O–H groups in total. The van der Waals surface area contributed by atoms with Crippen molar-refractivity contribution >= 4 is 5.91 Å². The lowest BCUT2D eigenvalue weighted by molar-refractivity contribution is 0.0603. The largest absolute Gasteiger partial charge is 0.438 e. The molecule has 1 saturated heterocycles. The number of carbonyl (C=O) groups excluding carboxylic acids is 1. The topological polar surface area (TPSA) is 49.6 Å². The highest BCUT2D eigenvalue weighted by Gasteiger charge is 2.24. The Bertz CT molecular complexity index is 367. The first kappa shape index (κ1) is 11.1. The highest BCUT2D eigenvalue weighted by Crippen LogP contribution is 2.08. The van der Waals surface area contributed by atoms with Crippen LogP contribution in [0.25, 0.3) is 0 Å². The highest BCUT2D eigenvalue weighted by atomic mass is 16.4. The molecule has 0 aromatic carbocycles. The van der Waals surface area contributed by atoms with Gasteiger partial charge in [-0.3, -0.25) is 4.79 Å². The van der Waals surface area contributed by atoms with Gasteiger partial charge in [-0.15, -0.1) is 0 Å². The summed E-state index contributed by atoms with van der Waals surface area (Å²) in [7, 11) is 0. The van der Waals surface area contributed by atoms with Crippen LogP contribution in [0.4, 0.5) is 0 Å². The van der Waals surface area contributed by atoms with Crippen molar-refractivity contribution in [2.24, 2.45) is 0 Å². The molecule has 0 unspecified atom stereocenters. The van der Waals surface area contributed by atoms with E-state index in [4.69, 9.17) is 4.42 Å². The van der Waals surface area contributed by atoms with Crippen molar-refractivity contribution in [1.29, 1.82) is 0 Å².